The number of aliphatic hydroxyl groups excluding tert-OH is 5. The van der Waals surface area contributed by atoms with Gasteiger partial charge in [0.25, 0.3) is 0 Å². The number of hydrogen-bond donors (Lipinski definition) is 9. The molecule has 3 fully saturated rings. The fraction of sp³-hybridized carbons (Fsp3) is 0.944. The van der Waals surface area contributed by atoms with Gasteiger partial charge in [-0.2, -0.15) is 0 Å². The van der Waals surface area contributed by atoms with E-state index < -0.39 is 0 Å². The molecule has 14 N–H and O–H groups in total. The summed E-state index contributed by atoms with van der Waals surface area (Å²) in [4.78, 5) is 14.1. The van der Waals surface area contributed by atoms with Crippen LogP contribution in [0.2, 0.25) is 0 Å². The summed E-state index contributed by atoms with van der Waals surface area (Å²) >= 11 is 0. The first-order chi connectivity index (χ1) is 27.4. The molecule has 0 atom stereocenters. The predicted octanol–water partition coefficient (Wildman–Crippen LogP) is -2.79. The third-order valence-corrected chi connectivity index (χ3v) is 5.80. The summed E-state index contributed by atoms with van der Waals surface area (Å²) in [5.41, 5.74) is 10.1. The molecule has 3 aliphatic rings. The summed E-state index contributed by atoms with van der Waals surface area (Å²) in [7, 11) is 7.03. The summed E-state index contributed by atoms with van der Waals surface area (Å²) in [5, 5.41) is 43.5. The van der Waals surface area contributed by atoms with E-state index in [2.05, 4.69) is 47.8 Å². The zero-order valence-electron chi connectivity index (χ0n) is 36.9. The molecule has 58 heavy (non-hydrogen) atoms. The van der Waals surface area contributed by atoms with E-state index in [0.29, 0.717) is 59.0 Å². The Kier molecular flexibility index (Phi) is 106. The number of morpholine rings is 3. The molecule has 0 amide bonds. The summed E-state index contributed by atoms with van der Waals surface area (Å²) in [5.74, 6) is 0. The predicted molar refractivity (Wildman–Crippen MR) is 227 cm³/mol. The molecule has 0 aliphatic carbocycles. The van der Waals surface area contributed by atoms with Crippen LogP contribution in [-0.2, 0) is 52.1 Å². The van der Waals surface area contributed by atoms with Crippen molar-refractivity contribution in [3.05, 3.63) is 6.65 Å². The Morgan fingerprint density at radius 1 is 0.655 bits per heavy atom. The van der Waals surface area contributed by atoms with Gasteiger partial charge in [0, 0.05) is 81.7 Å². The van der Waals surface area contributed by atoms with E-state index >= 15 is 0 Å². The van der Waals surface area contributed by atoms with Crippen molar-refractivity contribution in [2.75, 3.05) is 219 Å². The molecule has 0 bridgehead atoms. The maximum Gasteiger partial charge on any atom is 1.00 e. The van der Waals surface area contributed by atoms with Crippen molar-refractivity contribution < 1.29 is 80.5 Å². The number of carbonyl (C=O) groups excluding carboxylic acids is 1. The Bertz CT molecular complexity index is 603. The van der Waals surface area contributed by atoms with E-state index in [0.717, 1.165) is 92.1 Å². The van der Waals surface area contributed by atoms with Crippen LogP contribution in [0.3, 0.4) is 0 Å². The van der Waals surface area contributed by atoms with Crippen LogP contribution < -0.4 is 22.9 Å². The standard InChI is InChI=1S/C7H15NO2.C5H11NO.C4H11NO2.C4H9NO.C4H10O3.C4H8O3.C3H9NO.C3H8O2.CO.CH4.H3N.H2/c1-9-5-2-8-3-6-10-7-4-8;1-6-2-4-7-5-3-6;5-1-3-7-4-2-6;1-3-6-4-2-5-1;2*5-1-3-7-4-2-6;2*1-5-3-2-4;1-2;;;/h2-7H2,1H3;2-5H2,1H3;6H,1-5H2;5H,1-4H2;5-6H,1-4H2;1,6H,2-4H2;2-4H2,1H3;4H,2-3H2,1H3;;1H4;1H3;1H/p+2. The van der Waals surface area contributed by atoms with Gasteiger partial charge < -0.3 is 101 Å². The van der Waals surface area contributed by atoms with Crippen molar-refractivity contribution in [3.8, 4) is 0 Å². The van der Waals surface area contributed by atoms with E-state index in [1.807, 2.05) is 0 Å². The molecular formula is C36H92N6O16+2. The minimum atomic E-state index is -0.0200. The second-order valence-corrected chi connectivity index (χ2v) is 10.4. The van der Waals surface area contributed by atoms with Crippen LogP contribution in [0.4, 0.5) is 0 Å². The number of likely N-dealkylation sites (N-methyl/N-ethyl adjacent to an activating group) is 1. The van der Waals surface area contributed by atoms with Crippen molar-refractivity contribution in [3.63, 3.8) is 0 Å². The maximum absolute atomic E-state index is 9.47. The number of ether oxygens (including phenoxy) is 9. The number of nitrogens with one attached hydrogen (secondary N) is 1. The van der Waals surface area contributed by atoms with Crippen LogP contribution in [0.15, 0.2) is 0 Å². The molecule has 3 rings (SSSR count). The Morgan fingerprint density at radius 2 is 1.03 bits per heavy atom. The van der Waals surface area contributed by atoms with Crippen LogP contribution in [-0.4, -0.2) is 261 Å². The van der Waals surface area contributed by atoms with Gasteiger partial charge in [-0.25, -0.2) is 0 Å². The summed E-state index contributed by atoms with van der Waals surface area (Å²) in [6.45, 7) is 22.5. The van der Waals surface area contributed by atoms with Crippen LogP contribution in [0.1, 0.15) is 10.3 Å². The fourth-order valence-electron chi connectivity index (χ4n) is 3.10. The van der Waals surface area contributed by atoms with E-state index in [9.17, 15) is 4.79 Å². The summed E-state index contributed by atoms with van der Waals surface area (Å²) < 4.78 is 50.7. The molecular weight excluding hydrogens is 772 g/mol. The molecule has 0 aromatic rings. The Morgan fingerprint density at radius 3 is 1.29 bits per heavy atom. The summed E-state index contributed by atoms with van der Waals surface area (Å²) in [6, 6.07) is 0. The molecule has 0 radical (unpaired) electrons. The van der Waals surface area contributed by atoms with E-state index in [-0.39, 0.29) is 62.7 Å². The van der Waals surface area contributed by atoms with Crippen molar-refractivity contribution >= 4 is 6.29 Å². The number of carbonyl (C=O) groups is 1. The fourth-order valence-corrected chi connectivity index (χ4v) is 3.10. The average Bonchev–Trinajstić information content (AvgIpc) is 3.25. The van der Waals surface area contributed by atoms with E-state index in [4.69, 9.17) is 65.3 Å². The second-order valence-electron chi connectivity index (χ2n) is 10.4. The van der Waals surface area contributed by atoms with Gasteiger partial charge in [0.15, 0.2) is 0 Å². The van der Waals surface area contributed by atoms with Crippen molar-refractivity contribution in [1.82, 2.24) is 21.3 Å². The van der Waals surface area contributed by atoms with Crippen molar-refractivity contribution in [1.29, 1.82) is 0 Å². The smallest absolute Gasteiger partial charge is 0.369 e. The van der Waals surface area contributed by atoms with Crippen molar-refractivity contribution in [2.24, 2.45) is 11.5 Å². The van der Waals surface area contributed by atoms with Gasteiger partial charge in [-0.15, -0.1) is 0 Å². The Hall–Kier alpha value is -1.39. The SMILES string of the molecule is C.C1COCCN1.CN1CCOCC1.COCCN.COCCN1CCOCC1.COCCO.NCCOCCO.O=CCOCCO.OCCOCCO.[C-]#[O+].[H+].[HH].[NH4+]. The first kappa shape index (κ1) is 74.1. The van der Waals surface area contributed by atoms with Crippen molar-refractivity contribution in [2.45, 2.75) is 7.43 Å². The average molecular weight is 865 g/mol. The number of rotatable bonds is 19. The molecule has 22 nitrogen and oxygen atoms in total. The van der Waals surface area contributed by atoms with Gasteiger partial charge in [0.1, 0.15) is 12.9 Å². The van der Waals surface area contributed by atoms with Gasteiger partial charge in [0.2, 0.25) is 0 Å². The number of aldehydes is 1. The number of aliphatic hydroxyl groups is 5. The number of quaternary nitrogens is 1. The normalized spacial score (nSPS) is 14.0. The number of hydrogen-bond acceptors (Lipinski definition) is 20. The maximum atomic E-state index is 9.47. The number of nitrogens with two attached hydrogens (primary N) is 2. The first-order valence-electron chi connectivity index (χ1n) is 18.5. The topological polar surface area (TPSA) is 328 Å². The Balaban J connectivity index is -0.0000000591. The van der Waals surface area contributed by atoms with Crippen LogP contribution in [0.5, 0.6) is 0 Å². The molecule has 0 aromatic heterocycles. The molecule has 0 unspecified atom stereocenters. The minimum absolute atomic E-state index is 0. The van der Waals surface area contributed by atoms with E-state index in [1.165, 1.54) is 0 Å². The van der Waals surface area contributed by atoms with Crippen LogP contribution in [0.25, 0.3) is 0 Å². The monoisotopic (exact) mass is 865 g/mol. The van der Waals surface area contributed by atoms with Gasteiger partial charge in [0.05, 0.1) is 126 Å². The molecule has 3 saturated heterocycles. The molecule has 360 valence electrons. The third kappa shape index (κ3) is 95.2. The largest absolute Gasteiger partial charge is 1.00 e. The van der Waals surface area contributed by atoms with Gasteiger partial charge in [-0.1, -0.05) is 7.43 Å². The van der Waals surface area contributed by atoms with E-state index in [1.54, 1.807) is 21.3 Å². The van der Waals surface area contributed by atoms with Crippen LogP contribution >= 0.6 is 0 Å². The van der Waals surface area contributed by atoms with Gasteiger partial charge in [-0.05, 0) is 7.05 Å². The van der Waals surface area contributed by atoms with Gasteiger partial charge >= 0.3 is 12.7 Å². The second kappa shape index (κ2) is 83.3. The molecule has 3 aliphatic heterocycles. The number of methoxy groups -OCH3 is 3. The zero-order valence-corrected chi connectivity index (χ0v) is 35.9. The first-order valence-corrected chi connectivity index (χ1v) is 18.5. The number of nitrogens with zero attached hydrogens (tertiary/aromatic N) is 2. The third-order valence-electron chi connectivity index (χ3n) is 5.80. The molecule has 0 spiro atoms. The quantitative estimate of drug-likeness (QED) is 0.0274. The van der Waals surface area contributed by atoms with Crippen LogP contribution in [0, 0.1) is 6.65 Å². The molecule has 22 heteroatoms. The molecule has 0 aromatic carbocycles. The molecule has 3 heterocycles. The molecule has 0 saturated carbocycles. The summed E-state index contributed by atoms with van der Waals surface area (Å²) in [6.07, 6.45) is 0.648. The van der Waals surface area contributed by atoms with Gasteiger partial charge in [-0.3, -0.25) is 4.90 Å². The minimum Gasteiger partial charge on any atom is -0.369 e. The Labute approximate surface area is 352 Å². The zero-order chi connectivity index (χ0) is 43.4.